The molecule has 0 radical (unpaired) electrons. The lowest BCUT2D eigenvalue weighted by Crippen LogP contribution is -2.38. The molecule has 1 aromatic carbocycles. The molecule has 21 heavy (non-hydrogen) atoms. The van der Waals surface area contributed by atoms with Gasteiger partial charge in [0.2, 0.25) is 5.91 Å². The van der Waals surface area contributed by atoms with E-state index in [2.05, 4.69) is 39.8 Å². The average Bonchev–Trinajstić information content (AvgIpc) is 3.21. The van der Waals surface area contributed by atoms with Crippen LogP contribution in [0.25, 0.3) is 0 Å². The molecular formula is C17H25N3O. The van der Waals surface area contributed by atoms with Crippen molar-refractivity contribution in [1.82, 2.24) is 15.5 Å². The highest BCUT2D eigenvalue weighted by Crippen LogP contribution is 2.18. The summed E-state index contributed by atoms with van der Waals surface area (Å²) in [7, 11) is 0. The Kier molecular flexibility index (Phi) is 4.88. The van der Waals surface area contributed by atoms with Gasteiger partial charge in [-0.3, -0.25) is 9.69 Å². The summed E-state index contributed by atoms with van der Waals surface area (Å²) in [6.07, 6.45) is 4.22. The van der Waals surface area contributed by atoms with Gasteiger partial charge in [0.1, 0.15) is 0 Å². The standard InChI is InChI=1S/C17H25N3O/c21-17(8-10-18-15-6-7-15)19-16-9-11-20(13-16)12-14-4-2-1-3-5-14/h1-5,15-16,18H,6-13H2,(H,19,21). The highest BCUT2D eigenvalue weighted by atomic mass is 16.1. The van der Waals surface area contributed by atoms with Crippen molar-refractivity contribution >= 4 is 5.91 Å². The van der Waals surface area contributed by atoms with Gasteiger partial charge in [0, 0.05) is 44.7 Å². The van der Waals surface area contributed by atoms with Gasteiger partial charge in [0.15, 0.2) is 0 Å². The van der Waals surface area contributed by atoms with Gasteiger partial charge in [0.25, 0.3) is 0 Å². The SMILES string of the molecule is O=C(CCNC1CC1)NC1CCN(Cc2ccccc2)C1. The molecule has 0 bridgehead atoms. The summed E-state index contributed by atoms with van der Waals surface area (Å²) >= 11 is 0. The monoisotopic (exact) mass is 287 g/mol. The fourth-order valence-electron chi connectivity index (χ4n) is 2.91. The normalized spacial score (nSPS) is 22.4. The smallest absolute Gasteiger partial charge is 0.221 e. The van der Waals surface area contributed by atoms with E-state index in [-0.39, 0.29) is 5.91 Å². The molecule has 4 nitrogen and oxygen atoms in total. The molecule has 1 aliphatic carbocycles. The lowest BCUT2D eigenvalue weighted by atomic mass is 10.2. The molecule has 1 aromatic rings. The van der Waals surface area contributed by atoms with Gasteiger partial charge in [-0.2, -0.15) is 0 Å². The first-order chi connectivity index (χ1) is 10.3. The molecule has 1 heterocycles. The zero-order valence-corrected chi connectivity index (χ0v) is 12.6. The zero-order valence-electron chi connectivity index (χ0n) is 12.6. The van der Waals surface area contributed by atoms with Crippen LogP contribution in [0.1, 0.15) is 31.2 Å². The average molecular weight is 287 g/mol. The van der Waals surface area contributed by atoms with Crippen LogP contribution in [0.5, 0.6) is 0 Å². The Morgan fingerprint density at radius 2 is 1.95 bits per heavy atom. The molecule has 3 rings (SSSR count). The predicted octanol–water partition coefficient (Wildman–Crippen LogP) is 1.52. The van der Waals surface area contributed by atoms with E-state index in [0.29, 0.717) is 18.5 Å². The maximum absolute atomic E-state index is 11.9. The van der Waals surface area contributed by atoms with Crippen LogP contribution in [-0.2, 0) is 11.3 Å². The number of nitrogens with zero attached hydrogens (tertiary/aromatic N) is 1. The van der Waals surface area contributed by atoms with Crippen molar-refractivity contribution in [3.05, 3.63) is 35.9 Å². The van der Waals surface area contributed by atoms with Gasteiger partial charge in [-0.1, -0.05) is 30.3 Å². The van der Waals surface area contributed by atoms with Crippen molar-refractivity contribution in [3.63, 3.8) is 0 Å². The van der Waals surface area contributed by atoms with Crippen LogP contribution in [0.2, 0.25) is 0 Å². The number of rotatable bonds is 7. The summed E-state index contributed by atoms with van der Waals surface area (Å²) in [6, 6.07) is 11.5. The molecule has 2 fully saturated rings. The number of carbonyl (C=O) groups is 1. The van der Waals surface area contributed by atoms with E-state index in [1.54, 1.807) is 0 Å². The molecule has 1 amide bonds. The first kappa shape index (κ1) is 14.5. The third-order valence-electron chi connectivity index (χ3n) is 4.25. The second-order valence-corrected chi connectivity index (χ2v) is 6.25. The summed E-state index contributed by atoms with van der Waals surface area (Å²) in [6.45, 7) is 3.84. The fraction of sp³-hybridized carbons (Fsp3) is 0.588. The maximum Gasteiger partial charge on any atom is 0.221 e. The Hall–Kier alpha value is -1.39. The van der Waals surface area contributed by atoms with E-state index in [0.717, 1.165) is 32.6 Å². The number of nitrogens with one attached hydrogen (secondary N) is 2. The van der Waals surface area contributed by atoms with Crippen LogP contribution >= 0.6 is 0 Å². The van der Waals surface area contributed by atoms with E-state index in [1.807, 2.05) is 6.07 Å². The molecule has 1 saturated carbocycles. The molecule has 2 aliphatic rings. The largest absolute Gasteiger partial charge is 0.352 e. The maximum atomic E-state index is 11.9. The van der Waals surface area contributed by atoms with E-state index < -0.39 is 0 Å². The second-order valence-electron chi connectivity index (χ2n) is 6.25. The summed E-state index contributed by atoms with van der Waals surface area (Å²) in [5.41, 5.74) is 1.35. The topological polar surface area (TPSA) is 44.4 Å². The van der Waals surface area contributed by atoms with Gasteiger partial charge in [-0.05, 0) is 24.8 Å². The molecule has 1 aliphatic heterocycles. The van der Waals surface area contributed by atoms with Crippen LogP contribution in [0, 0.1) is 0 Å². The summed E-state index contributed by atoms with van der Waals surface area (Å²) in [4.78, 5) is 14.3. The quantitative estimate of drug-likeness (QED) is 0.799. The fourth-order valence-corrected chi connectivity index (χ4v) is 2.91. The third kappa shape index (κ3) is 4.83. The number of hydrogen-bond donors (Lipinski definition) is 2. The van der Waals surface area contributed by atoms with Crippen molar-refractivity contribution in [1.29, 1.82) is 0 Å². The molecular weight excluding hydrogens is 262 g/mol. The van der Waals surface area contributed by atoms with Gasteiger partial charge in [-0.25, -0.2) is 0 Å². The summed E-state index contributed by atoms with van der Waals surface area (Å²) < 4.78 is 0. The lowest BCUT2D eigenvalue weighted by molar-refractivity contribution is -0.121. The molecule has 0 aromatic heterocycles. The number of likely N-dealkylation sites (tertiary alicyclic amines) is 1. The van der Waals surface area contributed by atoms with E-state index in [9.17, 15) is 4.79 Å². The highest BCUT2D eigenvalue weighted by Gasteiger charge is 2.24. The molecule has 0 spiro atoms. The molecule has 2 N–H and O–H groups in total. The van der Waals surface area contributed by atoms with E-state index >= 15 is 0 Å². The minimum absolute atomic E-state index is 0.190. The highest BCUT2D eigenvalue weighted by molar-refractivity contribution is 5.76. The zero-order chi connectivity index (χ0) is 14.5. The first-order valence-corrected chi connectivity index (χ1v) is 8.08. The third-order valence-corrected chi connectivity index (χ3v) is 4.25. The van der Waals surface area contributed by atoms with Gasteiger partial charge < -0.3 is 10.6 Å². The first-order valence-electron chi connectivity index (χ1n) is 8.08. The Bertz CT molecular complexity index is 458. The van der Waals surface area contributed by atoms with Crippen molar-refractivity contribution in [2.75, 3.05) is 19.6 Å². The van der Waals surface area contributed by atoms with Crippen molar-refractivity contribution in [2.45, 2.75) is 44.3 Å². The summed E-state index contributed by atoms with van der Waals surface area (Å²) in [5.74, 6) is 0.190. The van der Waals surface area contributed by atoms with Crippen LogP contribution in [0.4, 0.5) is 0 Å². The molecule has 4 heteroatoms. The van der Waals surface area contributed by atoms with Crippen LogP contribution in [0.15, 0.2) is 30.3 Å². The number of amides is 1. The van der Waals surface area contributed by atoms with E-state index in [1.165, 1.54) is 18.4 Å². The Labute approximate surface area is 126 Å². The Balaban J connectivity index is 1.34. The molecule has 1 saturated heterocycles. The van der Waals surface area contributed by atoms with Crippen LogP contribution < -0.4 is 10.6 Å². The van der Waals surface area contributed by atoms with Crippen LogP contribution in [0.3, 0.4) is 0 Å². The lowest BCUT2D eigenvalue weighted by Gasteiger charge is -2.17. The molecule has 114 valence electrons. The van der Waals surface area contributed by atoms with Crippen molar-refractivity contribution in [2.24, 2.45) is 0 Å². The minimum atomic E-state index is 0.190. The van der Waals surface area contributed by atoms with Gasteiger partial charge in [0.05, 0.1) is 0 Å². The van der Waals surface area contributed by atoms with E-state index in [4.69, 9.17) is 0 Å². The van der Waals surface area contributed by atoms with Gasteiger partial charge >= 0.3 is 0 Å². The number of benzene rings is 1. The van der Waals surface area contributed by atoms with Crippen molar-refractivity contribution in [3.8, 4) is 0 Å². The molecule has 1 unspecified atom stereocenters. The minimum Gasteiger partial charge on any atom is -0.352 e. The van der Waals surface area contributed by atoms with Crippen LogP contribution in [-0.4, -0.2) is 42.5 Å². The van der Waals surface area contributed by atoms with Crippen molar-refractivity contribution < 1.29 is 4.79 Å². The molecule has 1 atom stereocenters. The predicted molar refractivity (Wildman–Crippen MR) is 83.9 cm³/mol. The second kappa shape index (κ2) is 7.05. The van der Waals surface area contributed by atoms with Gasteiger partial charge in [-0.15, -0.1) is 0 Å². The Morgan fingerprint density at radius 3 is 2.71 bits per heavy atom. The number of hydrogen-bond acceptors (Lipinski definition) is 3. The Morgan fingerprint density at radius 1 is 1.14 bits per heavy atom. The number of carbonyl (C=O) groups excluding carboxylic acids is 1. The summed E-state index contributed by atoms with van der Waals surface area (Å²) in [5, 5.41) is 6.55.